The lowest BCUT2D eigenvalue weighted by Crippen LogP contribution is -2.07. The Balaban J connectivity index is 1.56. The van der Waals surface area contributed by atoms with Crippen LogP contribution >= 0.6 is 11.8 Å². The topological polar surface area (TPSA) is 72.2 Å². The quantitative estimate of drug-likeness (QED) is 0.444. The van der Waals surface area contributed by atoms with E-state index in [9.17, 15) is 4.79 Å². The summed E-state index contributed by atoms with van der Waals surface area (Å²) in [5.74, 6) is 0.262. The molecule has 0 atom stereocenters. The largest absolute Gasteiger partial charge is 0.323 e. The predicted octanol–water partition coefficient (Wildman–Crippen LogP) is 3.65. The van der Waals surface area contributed by atoms with Crippen LogP contribution in [0.15, 0.2) is 65.7 Å². The van der Waals surface area contributed by atoms with Crippen LogP contribution in [0, 0.1) is 0 Å². The van der Waals surface area contributed by atoms with Gasteiger partial charge in [-0.15, -0.1) is 22.0 Å². The van der Waals surface area contributed by atoms with Gasteiger partial charge in [-0.3, -0.25) is 4.79 Å². The van der Waals surface area contributed by atoms with Crippen LogP contribution in [-0.4, -0.2) is 32.0 Å². The summed E-state index contributed by atoms with van der Waals surface area (Å²) in [6.45, 7) is 0. The fourth-order valence-electron chi connectivity index (χ4n) is 2.62. The minimum Gasteiger partial charge on any atom is -0.323 e. The lowest BCUT2D eigenvalue weighted by atomic mass is 10.2. The summed E-state index contributed by atoms with van der Waals surface area (Å²) in [5, 5.41) is 17.5. The first kappa shape index (κ1) is 16.3. The Kier molecular flexibility index (Phi) is 4.37. The third-order valence-electron chi connectivity index (χ3n) is 3.92. The first-order chi connectivity index (χ1) is 12.7. The van der Waals surface area contributed by atoms with Gasteiger partial charge in [0.25, 0.3) is 0 Å². The van der Waals surface area contributed by atoms with Crippen molar-refractivity contribution >= 4 is 45.9 Å². The normalized spacial score (nSPS) is 11.4. The van der Waals surface area contributed by atoms with E-state index in [1.807, 2.05) is 54.8 Å². The van der Waals surface area contributed by atoms with Crippen LogP contribution in [0.3, 0.4) is 0 Å². The number of hydrogen-bond donors (Lipinski definition) is 1. The minimum atomic E-state index is -0.237. The van der Waals surface area contributed by atoms with E-state index in [4.69, 9.17) is 0 Å². The highest BCUT2D eigenvalue weighted by atomic mass is 32.2. The fraction of sp³-hybridized carbons (Fsp3) is 0.0526. The maximum atomic E-state index is 12.1. The number of rotatable bonds is 4. The van der Waals surface area contributed by atoms with Crippen LogP contribution in [0.4, 0.5) is 5.69 Å². The van der Waals surface area contributed by atoms with Gasteiger partial charge in [-0.25, -0.2) is 0 Å². The van der Waals surface area contributed by atoms with E-state index in [0.29, 0.717) is 11.5 Å². The number of thioether (sulfide) groups is 1. The summed E-state index contributed by atoms with van der Waals surface area (Å²) in [6, 6.07) is 15.5. The van der Waals surface area contributed by atoms with Gasteiger partial charge in [0.2, 0.25) is 5.91 Å². The van der Waals surface area contributed by atoms with Crippen molar-refractivity contribution in [2.45, 2.75) is 4.90 Å². The van der Waals surface area contributed by atoms with Crippen LogP contribution in [-0.2, 0) is 4.79 Å². The highest BCUT2D eigenvalue weighted by Gasteiger charge is 2.08. The molecule has 6 nitrogen and oxygen atoms in total. The van der Waals surface area contributed by atoms with Crippen molar-refractivity contribution in [3.63, 3.8) is 0 Å². The maximum Gasteiger partial charge on any atom is 0.248 e. The summed E-state index contributed by atoms with van der Waals surface area (Å²) >= 11 is 1.66. The Bertz CT molecular complexity index is 1120. The van der Waals surface area contributed by atoms with Gasteiger partial charge >= 0.3 is 0 Å². The maximum absolute atomic E-state index is 12.1. The number of amides is 1. The molecule has 2 heterocycles. The number of anilines is 1. The van der Waals surface area contributed by atoms with Crippen molar-refractivity contribution in [3.05, 3.63) is 66.6 Å². The number of hydrogen-bond acceptors (Lipinski definition) is 5. The second kappa shape index (κ2) is 6.97. The molecule has 26 heavy (non-hydrogen) atoms. The summed E-state index contributed by atoms with van der Waals surface area (Å²) < 4.78 is 1.62. The average molecular weight is 361 g/mol. The fourth-order valence-corrected chi connectivity index (χ4v) is 3.03. The third-order valence-corrected chi connectivity index (χ3v) is 4.66. The number of nitrogens with zero attached hydrogens (tertiary/aromatic N) is 4. The molecule has 0 bridgehead atoms. The number of aromatic nitrogens is 4. The molecular formula is C19H15N5OS. The van der Waals surface area contributed by atoms with E-state index < -0.39 is 0 Å². The Hall–Kier alpha value is -3.19. The highest BCUT2D eigenvalue weighted by molar-refractivity contribution is 7.98. The molecule has 1 N–H and O–H groups in total. The molecule has 1 amide bonds. The summed E-state index contributed by atoms with van der Waals surface area (Å²) in [6.07, 6.45) is 6.80. The highest BCUT2D eigenvalue weighted by Crippen LogP contribution is 2.18. The van der Waals surface area contributed by atoms with E-state index >= 15 is 0 Å². The number of carbonyl (C=O) groups excluding carboxylic acids is 1. The van der Waals surface area contributed by atoms with Gasteiger partial charge in [-0.2, -0.15) is 9.61 Å². The zero-order valence-corrected chi connectivity index (χ0v) is 14.8. The molecule has 0 aliphatic carbocycles. The molecule has 0 radical (unpaired) electrons. The second-order valence-corrected chi connectivity index (χ2v) is 6.46. The van der Waals surface area contributed by atoms with Crippen LogP contribution < -0.4 is 5.32 Å². The van der Waals surface area contributed by atoms with E-state index in [0.717, 1.165) is 21.4 Å². The van der Waals surface area contributed by atoms with E-state index in [1.165, 1.54) is 6.08 Å². The number of carbonyl (C=O) groups is 1. The van der Waals surface area contributed by atoms with Crippen molar-refractivity contribution in [2.24, 2.45) is 0 Å². The monoisotopic (exact) mass is 361 g/mol. The van der Waals surface area contributed by atoms with Crippen molar-refractivity contribution in [2.75, 3.05) is 11.6 Å². The smallest absolute Gasteiger partial charge is 0.248 e. The van der Waals surface area contributed by atoms with Gasteiger partial charge in [-0.1, -0.05) is 24.3 Å². The number of nitrogens with one attached hydrogen (secondary N) is 1. The average Bonchev–Trinajstić information content (AvgIpc) is 3.10. The Morgan fingerprint density at radius 3 is 2.73 bits per heavy atom. The molecule has 7 heteroatoms. The molecule has 128 valence electrons. The molecule has 0 unspecified atom stereocenters. The van der Waals surface area contributed by atoms with E-state index in [-0.39, 0.29) is 5.91 Å². The Morgan fingerprint density at radius 1 is 1.12 bits per heavy atom. The lowest BCUT2D eigenvalue weighted by Gasteiger charge is -2.02. The van der Waals surface area contributed by atoms with Gasteiger partial charge < -0.3 is 5.32 Å². The standard InChI is InChI=1S/C19H15N5OS/c1-26-15-8-6-14(7-9-15)21-18(25)11-10-17-22-23-19-16-5-3-2-4-13(16)12-20-24(17)19/h2-12H,1H3,(H,21,25)/b11-10+. The Morgan fingerprint density at radius 2 is 1.92 bits per heavy atom. The molecule has 4 rings (SSSR count). The summed E-state index contributed by atoms with van der Waals surface area (Å²) in [4.78, 5) is 13.3. The van der Waals surface area contributed by atoms with Gasteiger partial charge in [0.15, 0.2) is 11.5 Å². The van der Waals surface area contributed by atoms with Crippen LogP contribution in [0.2, 0.25) is 0 Å². The van der Waals surface area contributed by atoms with Crippen molar-refractivity contribution in [3.8, 4) is 0 Å². The molecule has 0 spiro atoms. The Labute approximate surface area is 153 Å². The zero-order valence-electron chi connectivity index (χ0n) is 14.0. The molecule has 0 fully saturated rings. The van der Waals surface area contributed by atoms with Crippen LogP contribution in [0.5, 0.6) is 0 Å². The minimum absolute atomic E-state index is 0.237. The van der Waals surface area contributed by atoms with Gasteiger partial charge in [0.05, 0.1) is 6.20 Å². The van der Waals surface area contributed by atoms with E-state index in [1.54, 1.807) is 28.6 Å². The van der Waals surface area contributed by atoms with Gasteiger partial charge in [0.1, 0.15) is 0 Å². The summed E-state index contributed by atoms with van der Waals surface area (Å²) in [7, 11) is 0. The first-order valence-electron chi connectivity index (χ1n) is 7.97. The van der Waals surface area contributed by atoms with Crippen molar-refractivity contribution < 1.29 is 4.79 Å². The van der Waals surface area contributed by atoms with E-state index in [2.05, 4.69) is 20.6 Å². The molecule has 2 aromatic heterocycles. The van der Waals surface area contributed by atoms with Crippen LogP contribution in [0.1, 0.15) is 5.82 Å². The molecular weight excluding hydrogens is 346 g/mol. The molecule has 2 aromatic carbocycles. The first-order valence-corrected chi connectivity index (χ1v) is 9.19. The van der Waals surface area contributed by atoms with Crippen LogP contribution in [0.25, 0.3) is 22.5 Å². The van der Waals surface area contributed by atoms with Gasteiger partial charge in [-0.05, 0) is 36.6 Å². The number of benzene rings is 2. The third kappa shape index (κ3) is 3.16. The SMILES string of the molecule is CSc1ccc(NC(=O)/C=C/c2nnc3c4ccccc4cnn23)cc1. The van der Waals surface area contributed by atoms with Gasteiger partial charge in [0, 0.05) is 27.4 Å². The molecule has 0 aliphatic rings. The number of fused-ring (bicyclic) bond motifs is 3. The molecule has 0 aliphatic heterocycles. The molecule has 0 saturated carbocycles. The lowest BCUT2D eigenvalue weighted by molar-refractivity contribution is -0.111. The zero-order chi connectivity index (χ0) is 17.9. The molecule has 0 saturated heterocycles. The van der Waals surface area contributed by atoms with Crippen molar-refractivity contribution in [1.29, 1.82) is 0 Å². The predicted molar refractivity (Wildman–Crippen MR) is 104 cm³/mol. The molecule has 4 aromatic rings. The second-order valence-electron chi connectivity index (χ2n) is 5.58. The summed E-state index contributed by atoms with van der Waals surface area (Å²) in [5.41, 5.74) is 1.41. The van der Waals surface area contributed by atoms with Crippen molar-refractivity contribution in [1.82, 2.24) is 19.8 Å².